The number of carbonyl (C=O) groups excluding carboxylic acids is 4. The summed E-state index contributed by atoms with van der Waals surface area (Å²) in [6.07, 6.45) is 1.25. The molecule has 0 atom stereocenters. The first-order valence-corrected chi connectivity index (χ1v) is 29.8. The number of carbonyl (C=O) groups is 4. The first-order valence-electron chi connectivity index (χ1n) is 29.8. The lowest BCUT2D eigenvalue weighted by atomic mass is 9.86. The van der Waals surface area contributed by atoms with Gasteiger partial charge >= 0.3 is 0 Å². The Morgan fingerprint density at radius 2 is 0.578 bits per heavy atom. The fourth-order valence-corrected chi connectivity index (χ4v) is 8.06. The molecule has 23 nitrogen and oxygen atoms in total. The van der Waals surface area contributed by atoms with Gasteiger partial charge in [-0.3, -0.25) is 19.2 Å². The van der Waals surface area contributed by atoms with Crippen LogP contribution in [0.25, 0.3) is 0 Å². The minimum atomic E-state index is -0.996. The number of rotatable bonds is 53. The predicted octanol–water partition coefficient (Wildman–Crippen LogP) is 3.29. The average molecular weight is 1170 g/mol. The van der Waals surface area contributed by atoms with Crippen LogP contribution in [0, 0.1) is 5.41 Å². The van der Waals surface area contributed by atoms with E-state index in [1.165, 1.54) is 0 Å². The molecular formula is C60H100N10O13. The minimum absolute atomic E-state index is 0.0505. The molecular weight excluding hydrogens is 1070 g/mol. The Hall–Kier alpha value is -6.02. The number of amides is 4. The maximum absolute atomic E-state index is 13.4. The van der Waals surface area contributed by atoms with E-state index in [0.717, 1.165) is 39.3 Å². The van der Waals surface area contributed by atoms with Crippen molar-refractivity contribution >= 4 is 23.6 Å². The summed E-state index contributed by atoms with van der Waals surface area (Å²) in [7, 11) is 0. The molecule has 4 amide bonds. The monoisotopic (exact) mass is 1170 g/mol. The third kappa shape index (κ3) is 32.6. The second-order valence-corrected chi connectivity index (χ2v) is 19.4. The molecule has 3 aromatic rings. The Kier molecular flexibility index (Phi) is 39.0. The summed E-state index contributed by atoms with van der Waals surface area (Å²) < 4.78 is 54.3. The van der Waals surface area contributed by atoms with Crippen molar-refractivity contribution < 1.29 is 61.8 Å². The van der Waals surface area contributed by atoms with Crippen molar-refractivity contribution in [3.63, 3.8) is 0 Å². The molecule has 468 valence electrons. The molecule has 0 aliphatic carbocycles. The van der Waals surface area contributed by atoms with Crippen LogP contribution >= 0.6 is 0 Å². The summed E-state index contributed by atoms with van der Waals surface area (Å²) >= 11 is 0. The Labute approximate surface area is 493 Å². The van der Waals surface area contributed by atoms with E-state index in [4.69, 9.17) is 48.4 Å². The molecule has 0 bridgehead atoms. The molecule has 0 spiro atoms. The minimum Gasteiger partial charge on any atom is -0.492 e. The quantitative estimate of drug-likeness (QED) is 0.0363. The van der Waals surface area contributed by atoms with Gasteiger partial charge in [-0.25, -0.2) is 0 Å². The van der Waals surface area contributed by atoms with Crippen molar-refractivity contribution in [3.05, 3.63) is 71.3 Å². The number of nitrogens with two attached hydrogens (primary N) is 1. The summed E-state index contributed by atoms with van der Waals surface area (Å²) in [6, 6.07) is 15.5. The van der Waals surface area contributed by atoms with Gasteiger partial charge in [-0.05, 0) is 94.9 Å². The van der Waals surface area contributed by atoms with Gasteiger partial charge in [-0.2, -0.15) is 0 Å². The summed E-state index contributed by atoms with van der Waals surface area (Å²) in [4.78, 5) is 53.1. The zero-order chi connectivity index (χ0) is 60.0. The van der Waals surface area contributed by atoms with Crippen LogP contribution in [0.4, 0.5) is 0 Å². The van der Waals surface area contributed by atoms with Gasteiger partial charge in [-0.15, -0.1) is 0 Å². The van der Waals surface area contributed by atoms with Gasteiger partial charge in [0.15, 0.2) is 0 Å². The Balaban J connectivity index is 1.67. The van der Waals surface area contributed by atoms with E-state index in [2.05, 4.69) is 47.9 Å². The summed E-state index contributed by atoms with van der Waals surface area (Å²) in [5.41, 5.74) is 6.08. The highest BCUT2D eigenvalue weighted by atomic mass is 16.5. The Bertz CT molecular complexity index is 1930. The van der Waals surface area contributed by atoms with Gasteiger partial charge in [0.05, 0.1) is 19.8 Å². The maximum Gasteiger partial charge on any atom is 0.251 e. The molecule has 23 heteroatoms. The summed E-state index contributed by atoms with van der Waals surface area (Å²) in [6.45, 7) is 25.3. The van der Waals surface area contributed by atoms with Crippen molar-refractivity contribution in [1.82, 2.24) is 47.9 Å². The molecule has 0 fully saturated rings. The van der Waals surface area contributed by atoms with E-state index in [1.807, 2.05) is 41.5 Å². The van der Waals surface area contributed by atoms with E-state index in [1.54, 1.807) is 54.6 Å². The lowest BCUT2D eigenvalue weighted by Gasteiger charge is -2.32. The number of nitrogens with one attached hydrogen (secondary N) is 9. The predicted molar refractivity (Wildman–Crippen MR) is 323 cm³/mol. The number of ether oxygens (including phenoxy) is 9. The highest BCUT2D eigenvalue weighted by Crippen LogP contribution is 2.27. The molecule has 0 aliphatic heterocycles. The molecule has 0 aromatic heterocycles. The first kappa shape index (κ1) is 71.2. The fourth-order valence-electron chi connectivity index (χ4n) is 8.06. The van der Waals surface area contributed by atoms with E-state index in [-0.39, 0.29) is 63.8 Å². The molecule has 0 heterocycles. The third-order valence-electron chi connectivity index (χ3n) is 12.2. The first-order chi connectivity index (χ1) is 40.5. The van der Waals surface area contributed by atoms with Crippen molar-refractivity contribution in [2.24, 2.45) is 11.1 Å². The van der Waals surface area contributed by atoms with Gasteiger partial charge < -0.3 is 96.2 Å². The van der Waals surface area contributed by atoms with E-state index >= 15 is 0 Å². The highest BCUT2D eigenvalue weighted by Gasteiger charge is 2.34. The van der Waals surface area contributed by atoms with Gasteiger partial charge in [0.2, 0.25) is 5.91 Å². The van der Waals surface area contributed by atoms with Crippen LogP contribution in [-0.2, 0) is 19.0 Å². The standard InChI is InChI=1S/C60H100N10O13/c1-7-62-19-28-78-50-34-47(35-51(40-50)79-29-20-63-8-2)57(72)68-16-13-25-75-44-60(43-56(61)71,45-76-26-14-17-69-58(73)48-36-52(80-30-21-64-9-3)41-53(37-48)81-31-22-65-10-4)46-77-27-15-18-70-59(74)49-38-54(82-32-23-66-11-5)42-55(39-49)83-33-24-67-12-6/h34-42,62-67H,7-33,43-46H2,1-6H3,(H2,61,71)(H,68,72)(H,69,73)(H,70,74). The van der Waals surface area contributed by atoms with Gasteiger partial charge in [-0.1, -0.05) is 41.5 Å². The lowest BCUT2D eigenvalue weighted by Crippen LogP contribution is -2.41. The van der Waals surface area contributed by atoms with E-state index in [9.17, 15) is 19.2 Å². The second-order valence-electron chi connectivity index (χ2n) is 19.4. The molecule has 0 saturated heterocycles. The normalized spacial score (nSPS) is 11.3. The number of hydrogen-bond donors (Lipinski definition) is 10. The Morgan fingerprint density at radius 1 is 0.349 bits per heavy atom. The number of benzene rings is 3. The average Bonchev–Trinajstić information content (AvgIpc) is 3.61. The highest BCUT2D eigenvalue weighted by molar-refractivity contribution is 5.96. The van der Waals surface area contributed by atoms with Gasteiger partial charge in [0, 0.05) is 125 Å². The Morgan fingerprint density at radius 3 is 0.783 bits per heavy atom. The van der Waals surface area contributed by atoms with Crippen molar-refractivity contribution in [2.75, 3.05) is 177 Å². The summed E-state index contributed by atoms with van der Waals surface area (Å²) in [5.74, 6) is 1.71. The largest absolute Gasteiger partial charge is 0.492 e. The maximum atomic E-state index is 13.4. The molecule has 83 heavy (non-hydrogen) atoms. The van der Waals surface area contributed by atoms with Crippen LogP contribution < -0.4 is 82.0 Å². The molecule has 0 unspecified atom stereocenters. The van der Waals surface area contributed by atoms with E-state index < -0.39 is 11.3 Å². The number of hydrogen-bond acceptors (Lipinski definition) is 19. The van der Waals surface area contributed by atoms with Crippen molar-refractivity contribution in [1.29, 1.82) is 0 Å². The second kappa shape index (κ2) is 45.4. The van der Waals surface area contributed by atoms with Crippen LogP contribution in [0.2, 0.25) is 0 Å². The molecule has 3 rings (SSSR count). The molecule has 11 N–H and O–H groups in total. The smallest absolute Gasteiger partial charge is 0.251 e. The topological polar surface area (TPSA) is 286 Å². The summed E-state index contributed by atoms with van der Waals surface area (Å²) in [5, 5.41) is 28.3. The number of primary amides is 1. The zero-order valence-electron chi connectivity index (χ0n) is 50.5. The molecule has 0 radical (unpaired) electrons. The van der Waals surface area contributed by atoms with Crippen LogP contribution in [0.1, 0.15) is 98.3 Å². The van der Waals surface area contributed by atoms with Crippen molar-refractivity contribution in [2.45, 2.75) is 67.2 Å². The zero-order valence-corrected chi connectivity index (χ0v) is 50.5. The fraction of sp³-hybridized carbons (Fsp3) is 0.633. The van der Waals surface area contributed by atoms with E-state index in [0.29, 0.717) is 169 Å². The molecule has 3 aromatic carbocycles. The SMILES string of the molecule is CCNCCOc1cc(OCCNCC)cc(C(=O)NCCCOCC(COCCCNC(=O)c2cc(OCCNCC)cc(OCCNCC)c2)(COCCCNC(=O)c2cc(OCCNCC)cc(OCCNCC)c2)CC(N)=O)c1. The molecule has 0 aliphatic rings. The van der Waals surface area contributed by atoms with Gasteiger partial charge in [0.25, 0.3) is 17.7 Å². The van der Waals surface area contributed by atoms with Crippen LogP contribution in [0.5, 0.6) is 34.5 Å². The van der Waals surface area contributed by atoms with Crippen molar-refractivity contribution in [3.8, 4) is 34.5 Å². The van der Waals surface area contributed by atoms with Crippen LogP contribution in [-0.4, -0.2) is 201 Å². The lowest BCUT2D eigenvalue weighted by molar-refractivity contribution is -0.127. The van der Waals surface area contributed by atoms with Crippen LogP contribution in [0.3, 0.4) is 0 Å². The van der Waals surface area contributed by atoms with Crippen LogP contribution in [0.15, 0.2) is 54.6 Å². The molecule has 0 saturated carbocycles. The van der Waals surface area contributed by atoms with Gasteiger partial charge in [0.1, 0.15) is 74.1 Å². The third-order valence-corrected chi connectivity index (χ3v) is 12.2. The number of likely N-dealkylation sites (N-methyl/N-ethyl adjacent to an activating group) is 6.